The summed E-state index contributed by atoms with van der Waals surface area (Å²) in [5.74, 6) is 0.992. The average molecular weight is 241 g/mol. The average Bonchev–Trinajstić information content (AvgIpc) is 2.77. The molecule has 1 saturated carbocycles. The highest BCUT2D eigenvalue weighted by molar-refractivity contribution is 5.67. The first kappa shape index (κ1) is 14.5. The Labute approximate surface area is 105 Å². The second kappa shape index (κ2) is 7.70. The molecule has 1 fully saturated rings. The molecule has 3 heteroatoms. The number of rotatable bonds is 8. The summed E-state index contributed by atoms with van der Waals surface area (Å²) < 4.78 is 0. The van der Waals surface area contributed by atoms with Crippen LogP contribution in [0.15, 0.2) is 0 Å². The Hall–Kier alpha value is -0.570. The lowest BCUT2D eigenvalue weighted by molar-refractivity contribution is -0.138. The Kier molecular flexibility index (Phi) is 6.56. The van der Waals surface area contributed by atoms with Crippen LogP contribution in [0.3, 0.4) is 0 Å². The highest BCUT2D eigenvalue weighted by atomic mass is 16.4. The zero-order valence-electron chi connectivity index (χ0n) is 11.0. The number of carbonyl (C=O) groups is 1. The lowest BCUT2D eigenvalue weighted by Gasteiger charge is -2.19. The zero-order valence-corrected chi connectivity index (χ0v) is 11.0. The van der Waals surface area contributed by atoms with Crippen molar-refractivity contribution in [3.8, 4) is 0 Å². The van der Waals surface area contributed by atoms with Crippen molar-refractivity contribution in [1.29, 1.82) is 0 Å². The summed E-state index contributed by atoms with van der Waals surface area (Å²) in [6.07, 6.45) is 9.38. The van der Waals surface area contributed by atoms with Gasteiger partial charge in [-0.3, -0.25) is 4.79 Å². The smallest absolute Gasteiger partial charge is 0.303 e. The van der Waals surface area contributed by atoms with Gasteiger partial charge in [-0.1, -0.05) is 45.4 Å². The van der Waals surface area contributed by atoms with E-state index in [4.69, 9.17) is 10.8 Å². The maximum absolute atomic E-state index is 10.7. The van der Waals surface area contributed by atoms with E-state index in [1.165, 1.54) is 38.5 Å². The fraction of sp³-hybridized carbons (Fsp3) is 0.929. The van der Waals surface area contributed by atoms with Crippen molar-refractivity contribution in [2.45, 2.75) is 58.3 Å². The highest BCUT2D eigenvalue weighted by Crippen LogP contribution is 2.31. The van der Waals surface area contributed by atoms with Crippen LogP contribution in [-0.2, 0) is 4.79 Å². The van der Waals surface area contributed by atoms with Gasteiger partial charge in [-0.25, -0.2) is 0 Å². The summed E-state index contributed by atoms with van der Waals surface area (Å²) >= 11 is 0. The number of hydrogen-bond donors (Lipinski definition) is 2. The maximum Gasteiger partial charge on any atom is 0.303 e. The molecule has 0 aromatic rings. The van der Waals surface area contributed by atoms with E-state index in [1.807, 2.05) is 0 Å². The van der Waals surface area contributed by atoms with Gasteiger partial charge in [0.1, 0.15) is 0 Å². The van der Waals surface area contributed by atoms with E-state index in [0.717, 1.165) is 12.3 Å². The minimum Gasteiger partial charge on any atom is -0.481 e. The van der Waals surface area contributed by atoms with Gasteiger partial charge in [0.15, 0.2) is 0 Å². The number of aliphatic carboxylic acids is 1. The van der Waals surface area contributed by atoms with Gasteiger partial charge in [0.25, 0.3) is 0 Å². The Bertz CT molecular complexity index is 224. The van der Waals surface area contributed by atoms with Crippen LogP contribution in [0.1, 0.15) is 58.3 Å². The first-order chi connectivity index (χ1) is 8.11. The van der Waals surface area contributed by atoms with E-state index in [1.54, 1.807) is 0 Å². The normalized spacial score (nSPS) is 20.4. The molecule has 3 N–H and O–H groups in total. The maximum atomic E-state index is 10.7. The first-order valence-corrected chi connectivity index (χ1v) is 7.03. The summed E-state index contributed by atoms with van der Waals surface area (Å²) in [6.45, 7) is 2.74. The minimum absolute atomic E-state index is 0.158. The number of hydrogen-bond acceptors (Lipinski definition) is 2. The third-order valence-corrected chi connectivity index (χ3v) is 4.07. The monoisotopic (exact) mass is 241 g/mol. The summed E-state index contributed by atoms with van der Waals surface area (Å²) in [6, 6.07) is 0. The lowest BCUT2D eigenvalue weighted by atomic mass is 9.88. The van der Waals surface area contributed by atoms with Crippen molar-refractivity contribution in [3.05, 3.63) is 0 Å². The highest BCUT2D eigenvalue weighted by Gasteiger charge is 2.18. The topological polar surface area (TPSA) is 63.3 Å². The Morgan fingerprint density at radius 2 is 2.06 bits per heavy atom. The van der Waals surface area contributed by atoms with Crippen LogP contribution in [0, 0.1) is 17.8 Å². The van der Waals surface area contributed by atoms with Gasteiger partial charge < -0.3 is 10.8 Å². The van der Waals surface area contributed by atoms with Gasteiger partial charge in [0.05, 0.1) is 0 Å². The lowest BCUT2D eigenvalue weighted by Crippen LogP contribution is -2.20. The Morgan fingerprint density at radius 1 is 1.41 bits per heavy atom. The van der Waals surface area contributed by atoms with E-state index in [2.05, 4.69) is 6.92 Å². The molecule has 100 valence electrons. The van der Waals surface area contributed by atoms with Gasteiger partial charge in [-0.15, -0.1) is 0 Å². The summed E-state index contributed by atoms with van der Waals surface area (Å²) in [5, 5.41) is 8.77. The molecule has 0 bridgehead atoms. The van der Waals surface area contributed by atoms with Crippen LogP contribution >= 0.6 is 0 Å². The third-order valence-electron chi connectivity index (χ3n) is 4.07. The number of carboxylic acid groups (broad SMARTS) is 1. The largest absolute Gasteiger partial charge is 0.481 e. The van der Waals surface area contributed by atoms with E-state index in [0.29, 0.717) is 12.5 Å². The molecule has 0 heterocycles. The molecular weight excluding hydrogens is 214 g/mol. The van der Waals surface area contributed by atoms with E-state index < -0.39 is 5.97 Å². The molecule has 0 aromatic heterocycles. The summed E-state index contributed by atoms with van der Waals surface area (Å²) in [7, 11) is 0. The van der Waals surface area contributed by atoms with Gasteiger partial charge in [-0.05, 0) is 30.7 Å². The molecule has 0 saturated heterocycles. The summed E-state index contributed by atoms with van der Waals surface area (Å²) in [4.78, 5) is 10.7. The van der Waals surface area contributed by atoms with Crippen molar-refractivity contribution in [2.75, 3.05) is 6.54 Å². The van der Waals surface area contributed by atoms with Crippen LogP contribution in [-0.4, -0.2) is 17.6 Å². The van der Waals surface area contributed by atoms with Crippen LogP contribution in [0.4, 0.5) is 0 Å². The standard InChI is InChI=1S/C14H27NO2/c1-11(6-7-12-4-2-3-5-12)8-13(10-15)9-14(16)17/h11-13H,2-10,15H2,1H3,(H,16,17)/t11?,13-/m0/s1. The molecule has 0 spiro atoms. The van der Waals surface area contributed by atoms with Gasteiger partial charge >= 0.3 is 5.97 Å². The molecule has 0 aliphatic heterocycles. The predicted octanol–water partition coefficient (Wildman–Crippen LogP) is 3.03. The summed E-state index contributed by atoms with van der Waals surface area (Å²) in [5.41, 5.74) is 5.62. The van der Waals surface area contributed by atoms with Crippen LogP contribution in [0.5, 0.6) is 0 Å². The zero-order chi connectivity index (χ0) is 12.7. The molecular formula is C14H27NO2. The van der Waals surface area contributed by atoms with Gasteiger partial charge in [0.2, 0.25) is 0 Å². The molecule has 1 rings (SSSR count). The van der Waals surface area contributed by atoms with Gasteiger partial charge in [0, 0.05) is 6.42 Å². The van der Waals surface area contributed by atoms with E-state index in [-0.39, 0.29) is 12.3 Å². The fourth-order valence-corrected chi connectivity index (χ4v) is 3.02. The molecule has 1 aliphatic carbocycles. The third kappa shape index (κ3) is 6.06. The number of nitrogens with two attached hydrogens (primary N) is 1. The molecule has 1 unspecified atom stereocenters. The van der Waals surface area contributed by atoms with E-state index >= 15 is 0 Å². The molecule has 2 atom stereocenters. The van der Waals surface area contributed by atoms with Crippen molar-refractivity contribution < 1.29 is 9.90 Å². The first-order valence-electron chi connectivity index (χ1n) is 7.03. The second-order valence-electron chi connectivity index (χ2n) is 5.77. The molecule has 0 aromatic carbocycles. The van der Waals surface area contributed by atoms with Gasteiger partial charge in [-0.2, -0.15) is 0 Å². The second-order valence-corrected chi connectivity index (χ2v) is 5.77. The molecule has 3 nitrogen and oxygen atoms in total. The van der Waals surface area contributed by atoms with Crippen LogP contribution < -0.4 is 5.73 Å². The molecule has 0 radical (unpaired) electrons. The predicted molar refractivity (Wildman–Crippen MR) is 69.8 cm³/mol. The van der Waals surface area contributed by atoms with Crippen molar-refractivity contribution >= 4 is 5.97 Å². The van der Waals surface area contributed by atoms with E-state index in [9.17, 15) is 4.79 Å². The van der Waals surface area contributed by atoms with Crippen molar-refractivity contribution in [2.24, 2.45) is 23.5 Å². The number of carboxylic acids is 1. The fourth-order valence-electron chi connectivity index (χ4n) is 3.02. The van der Waals surface area contributed by atoms with Crippen molar-refractivity contribution in [1.82, 2.24) is 0 Å². The Balaban J connectivity index is 2.17. The Morgan fingerprint density at radius 3 is 2.59 bits per heavy atom. The minimum atomic E-state index is -0.719. The SMILES string of the molecule is CC(CCC1CCCC1)C[C@H](CN)CC(=O)O. The molecule has 1 aliphatic rings. The van der Waals surface area contributed by atoms with Crippen molar-refractivity contribution in [3.63, 3.8) is 0 Å². The quantitative estimate of drug-likeness (QED) is 0.686. The molecule has 17 heavy (non-hydrogen) atoms. The molecule has 0 amide bonds. The van der Waals surface area contributed by atoms with Crippen LogP contribution in [0.25, 0.3) is 0 Å². The van der Waals surface area contributed by atoms with Crippen LogP contribution in [0.2, 0.25) is 0 Å².